The normalized spacial score (nSPS) is 21.6. The number of sulfonamides is 1. The van der Waals surface area contributed by atoms with Gasteiger partial charge in [-0.2, -0.15) is 4.98 Å². The van der Waals surface area contributed by atoms with Crippen LogP contribution < -0.4 is 14.4 Å². The van der Waals surface area contributed by atoms with E-state index in [-0.39, 0.29) is 36.6 Å². The van der Waals surface area contributed by atoms with Gasteiger partial charge in [-0.15, -0.1) is 0 Å². The number of rotatable bonds is 7. The van der Waals surface area contributed by atoms with Gasteiger partial charge in [-0.1, -0.05) is 11.6 Å². The van der Waals surface area contributed by atoms with Crippen molar-refractivity contribution in [3.8, 4) is 5.75 Å². The van der Waals surface area contributed by atoms with E-state index < -0.39 is 10.0 Å². The van der Waals surface area contributed by atoms with Gasteiger partial charge in [-0.25, -0.2) is 13.1 Å². The van der Waals surface area contributed by atoms with Gasteiger partial charge >= 0.3 is 0 Å². The highest BCUT2D eigenvalue weighted by Gasteiger charge is 2.31. The maximum Gasteiger partial charge on any atom is 0.265 e. The number of fused-ring (bicyclic) bond motifs is 1. The molecule has 1 saturated heterocycles. The lowest BCUT2D eigenvalue weighted by molar-refractivity contribution is -0.121. The zero-order valence-electron chi connectivity index (χ0n) is 17.0. The number of anilines is 1. The highest BCUT2D eigenvalue weighted by Crippen LogP contribution is 2.37. The lowest BCUT2D eigenvalue weighted by Crippen LogP contribution is -2.39. The number of carbonyl (C=O) groups is 1. The fourth-order valence-electron chi connectivity index (χ4n) is 3.91. The number of amides is 1. The van der Waals surface area contributed by atoms with Crippen LogP contribution in [0.1, 0.15) is 49.7 Å². The molecule has 2 aliphatic heterocycles. The van der Waals surface area contributed by atoms with Crippen molar-refractivity contribution in [3.63, 3.8) is 0 Å². The third-order valence-electron chi connectivity index (χ3n) is 5.95. The van der Waals surface area contributed by atoms with Gasteiger partial charge < -0.3 is 14.0 Å². The molecule has 10 nitrogen and oxygen atoms in total. The number of nitrogens with one attached hydrogen (secondary N) is 1. The Kier molecular flexibility index (Phi) is 5.40. The molecule has 166 valence electrons. The quantitative estimate of drug-likeness (QED) is 0.679. The maximum absolute atomic E-state index is 12.8. The summed E-state index contributed by atoms with van der Waals surface area (Å²) in [5.41, 5.74) is 0.367. The van der Waals surface area contributed by atoms with Crippen molar-refractivity contribution in [1.29, 1.82) is 0 Å². The molecule has 1 atom stereocenters. The number of nitrogens with zero attached hydrogens (tertiary/aromatic N) is 3. The molecule has 1 aromatic heterocycles. The lowest BCUT2D eigenvalue weighted by Gasteiger charge is -2.28. The SMILES string of the molecule is O=C1COc2ccc(S(=O)(=O)NC[C@H]3CCCO3)cc2N1Cc1noc(C2CCC2)n1. The average molecular weight is 449 g/mol. The van der Waals surface area contributed by atoms with E-state index in [9.17, 15) is 13.2 Å². The zero-order valence-corrected chi connectivity index (χ0v) is 17.8. The van der Waals surface area contributed by atoms with Crippen LogP contribution in [0.25, 0.3) is 0 Å². The Morgan fingerprint density at radius 3 is 2.81 bits per heavy atom. The summed E-state index contributed by atoms with van der Waals surface area (Å²) in [6, 6.07) is 4.47. The first-order chi connectivity index (χ1) is 15.0. The van der Waals surface area contributed by atoms with Crippen LogP contribution in [-0.4, -0.2) is 50.3 Å². The minimum atomic E-state index is -3.77. The van der Waals surface area contributed by atoms with Crippen molar-refractivity contribution in [3.05, 3.63) is 29.9 Å². The monoisotopic (exact) mass is 448 g/mol. The smallest absolute Gasteiger partial charge is 0.265 e. The first-order valence-corrected chi connectivity index (χ1v) is 12.0. The molecule has 5 rings (SSSR count). The van der Waals surface area contributed by atoms with E-state index in [4.69, 9.17) is 14.0 Å². The molecule has 3 heterocycles. The molecular weight excluding hydrogens is 424 g/mol. The lowest BCUT2D eigenvalue weighted by atomic mass is 9.85. The largest absolute Gasteiger partial charge is 0.482 e. The molecule has 3 aliphatic rings. The average Bonchev–Trinajstić information content (AvgIpc) is 3.39. The summed E-state index contributed by atoms with van der Waals surface area (Å²) in [7, 11) is -3.77. The fourth-order valence-corrected chi connectivity index (χ4v) is 4.99. The van der Waals surface area contributed by atoms with Gasteiger partial charge in [0, 0.05) is 19.1 Å². The summed E-state index contributed by atoms with van der Waals surface area (Å²) < 4.78 is 44.5. The Balaban J connectivity index is 1.36. The fraction of sp³-hybridized carbons (Fsp3) is 0.550. The highest BCUT2D eigenvalue weighted by atomic mass is 32.2. The van der Waals surface area contributed by atoms with E-state index in [1.807, 2.05) is 0 Å². The molecular formula is C20H24N4O6S. The standard InChI is InChI=1S/C20H24N4O6S/c25-19-12-29-17-7-6-15(31(26,27)21-10-14-5-2-8-28-14)9-16(17)24(19)11-18-22-20(30-23-18)13-3-1-4-13/h6-7,9,13-14,21H,1-5,8,10-12H2/t14-/m1/s1. The molecule has 2 fully saturated rings. The minimum absolute atomic E-state index is 0.0517. The van der Waals surface area contributed by atoms with Gasteiger partial charge in [0.15, 0.2) is 12.4 Å². The summed E-state index contributed by atoms with van der Waals surface area (Å²) >= 11 is 0. The van der Waals surface area contributed by atoms with Crippen molar-refractivity contribution >= 4 is 21.6 Å². The number of hydrogen-bond donors (Lipinski definition) is 1. The maximum atomic E-state index is 12.8. The van der Waals surface area contributed by atoms with Crippen LogP contribution in [0.15, 0.2) is 27.6 Å². The van der Waals surface area contributed by atoms with Crippen molar-refractivity contribution in [2.75, 3.05) is 24.7 Å². The molecule has 2 aromatic rings. The van der Waals surface area contributed by atoms with Crippen LogP contribution in [0.5, 0.6) is 5.75 Å². The predicted octanol–water partition coefficient (Wildman–Crippen LogP) is 1.72. The number of benzene rings is 1. The van der Waals surface area contributed by atoms with Crippen LogP contribution in [0.3, 0.4) is 0 Å². The van der Waals surface area contributed by atoms with Crippen LogP contribution in [0.2, 0.25) is 0 Å². The Labute approximate surface area is 179 Å². The van der Waals surface area contributed by atoms with E-state index >= 15 is 0 Å². The van der Waals surface area contributed by atoms with Crippen LogP contribution >= 0.6 is 0 Å². The summed E-state index contributed by atoms with van der Waals surface area (Å²) in [4.78, 5) is 18.5. The van der Waals surface area contributed by atoms with Gasteiger partial charge in [0.05, 0.1) is 23.2 Å². The first-order valence-electron chi connectivity index (χ1n) is 10.5. The molecule has 1 amide bonds. The minimum Gasteiger partial charge on any atom is -0.482 e. The first kappa shape index (κ1) is 20.4. The second kappa shape index (κ2) is 8.21. The summed E-state index contributed by atoms with van der Waals surface area (Å²) in [6.45, 7) is 0.811. The molecule has 0 unspecified atom stereocenters. The summed E-state index contributed by atoms with van der Waals surface area (Å²) in [6.07, 6.45) is 4.85. The Hall–Kier alpha value is -2.50. The van der Waals surface area contributed by atoms with Crippen molar-refractivity contribution < 1.29 is 27.2 Å². The zero-order chi connectivity index (χ0) is 21.4. The van der Waals surface area contributed by atoms with Crippen molar-refractivity contribution in [2.24, 2.45) is 0 Å². The summed E-state index contributed by atoms with van der Waals surface area (Å²) in [5.74, 6) is 1.40. The van der Waals surface area contributed by atoms with Crippen LogP contribution in [-0.2, 0) is 26.1 Å². The molecule has 11 heteroatoms. The molecule has 31 heavy (non-hydrogen) atoms. The van der Waals surface area contributed by atoms with Crippen molar-refractivity contribution in [1.82, 2.24) is 14.9 Å². The topological polar surface area (TPSA) is 124 Å². The molecule has 1 aromatic carbocycles. The van der Waals surface area contributed by atoms with E-state index in [2.05, 4.69) is 14.9 Å². The Morgan fingerprint density at radius 2 is 2.06 bits per heavy atom. The molecule has 0 spiro atoms. The molecule has 0 bridgehead atoms. The molecule has 1 N–H and O–H groups in total. The van der Waals surface area contributed by atoms with Gasteiger partial charge in [-0.05, 0) is 43.9 Å². The van der Waals surface area contributed by atoms with Gasteiger partial charge in [0.25, 0.3) is 5.91 Å². The molecule has 0 radical (unpaired) electrons. The Bertz CT molecular complexity index is 1080. The second-order valence-corrected chi connectivity index (χ2v) is 9.83. The molecule has 1 saturated carbocycles. The third-order valence-corrected chi connectivity index (χ3v) is 7.37. The number of hydrogen-bond acceptors (Lipinski definition) is 8. The Morgan fingerprint density at radius 1 is 1.19 bits per heavy atom. The van der Waals surface area contributed by atoms with Crippen LogP contribution in [0.4, 0.5) is 5.69 Å². The highest BCUT2D eigenvalue weighted by molar-refractivity contribution is 7.89. The number of carbonyl (C=O) groups excluding carboxylic acids is 1. The van der Waals surface area contributed by atoms with Crippen molar-refractivity contribution in [2.45, 2.75) is 55.6 Å². The number of ether oxygens (including phenoxy) is 2. The van der Waals surface area contributed by atoms with Gasteiger partial charge in [0.1, 0.15) is 5.75 Å². The third kappa shape index (κ3) is 4.17. The summed E-state index contributed by atoms with van der Waals surface area (Å²) in [5, 5.41) is 4.00. The van der Waals surface area contributed by atoms with E-state index in [0.717, 1.165) is 32.1 Å². The van der Waals surface area contributed by atoms with E-state index in [1.54, 1.807) is 6.07 Å². The number of aromatic nitrogens is 2. The second-order valence-electron chi connectivity index (χ2n) is 8.06. The van der Waals surface area contributed by atoms with Gasteiger partial charge in [0.2, 0.25) is 15.9 Å². The van der Waals surface area contributed by atoms with Gasteiger partial charge in [-0.3, -0.25) is 9.69 Å². The predicted molar refractivity (Wildman–Crippen MR) is 108 cm³/mol. The molecule has 1 aliphatic carbocycles. The van der Waals surface area contributed by atoms with E-state index in [1.165, 1.54) is 17.0 Å². The van der Waals surface area contributed by atoms with Crippen LogP contribution in [0, 0.1) is 0 Å². The van der Waals surface area contributed by atoms with E-state index in [0.29, 0.717) is 35.7 Å².